The molecule has 0 spiro atoms. The maximum absolute atomic E-state index is 13.5. The van der Waals surface area contributed by atoms with Gasteiger partial charge >= 0.3 is 0 Å². The fourth-order valence-electron chi connectivity index (χ4n) is 4.34. The van der Waals surface area contributed by atoms with Crippen molar-refractivity contribution in [1.29, 1.82) is 0 Å². The van der Waals surface area contributed by atoms with E-state index in [9.17, 15) is 14.7 Å². The molecule has 0 saturated carbocycles. The number of ether oxygens (including phenoxy) is 4. The van der Waals surface area contributed by atoms with E-state index in [0.29, 0.717) is 34.2 Å². The van der Waals surface area contributed by atoms with Gasteiger partial charge in [-0.25, -0.2) is 0 Å². The summed E-state index contributed by atoms with van der Waals surface area (Å²) in [6.45, 7) is 3.82. The fraction of sp³-hybridized carbons (Fsp3) is 0.241. The lowest BCUT2D eigenvalue weighted by Gasteiger charge is -2.26. The number of hydrogen-bond donors (Lipinski definition) is 1. The predicted octanol–water partition coefficient (Wildman–Crippen LogP) is 5.13. The van der Waals surface area contributed by atoms with Crippen molar-refractivity contribution in [2.45, 2.75) is 26.0 Å². The lowest BCUT2D eigenvalue weighted by atomic mass is 9.94. The van der Waals surface area contributed by atoms with E-state index in [0.717, 1.165) is 0 Å². The van der Waals surface area contributed by atoms with Gasteiger partial charge in [-0.2, -0.15) is 0 Å². The molecule has 1 amide bonds. The zero-order chi connectivity index (χ0) is 26.7. The van der Waals surface area contributed by atoms with Crippen molar-refractivity contribution >= 4 is 23.1 Å². The van der Waals surface area contributed by atoms with Gasteiger partial charge < -0.3 is 24.1 Å². The zero-order valence-electron chi connectivity index (χ0n) is 21.3. The van der Waals surface area contributed by atoms with E-state index in [2.05, 4.69) is 0 Å². The number of rotatable bonds is 8. The summed E-state index contributed by atoms with van der Waals surface area (Å²) < 4.78 is 21.9. The van der Waals surface area contributed by atoms with Crippen LogP contribution in [-0.2, 0) is 9.59 Å². The van der Waals surface area contributed by atoms with Crippen molar-refractivity contribution in [2.24, 2.45) is 0 Å². The topological polar surface area (TPSA) is 94.5 Å². The molecule has 1 aliphatic rings. The summed E-state index contributed by atoms with van der Waals surface area (Å²) >= 11 is 0. The summed E-state index contributed by atoms with van der Waals surface area (Å²) in [6, 6.07) is 17.9. The number of ketones is 1. The number of Topliss-reactive ketones (excluding diaryl/α,β-unsaturated/α-hetero) is 1. The monoisotopic (exact) mass is 503 g/mol. The molecule has 1 atom stereocenters. The number of aliphatic hydroxyl groups is 1. The first kappa shape index (κ1) is 25.6. The number of amides is 1. The van der Waals surface area contributed by atoms with Gasteiger partial charge in [-0.05, 0) is 55.8 Å². The van der Waals surface area contributed by atoms with Gasteiger partial charge in [-0.15, -0.1) is 0 Å². The minimum absolute atomic E-state index is 0.0713. The van der Waals surface area contributed by atoms with Gasteiger partial charge in [0.2, 0.25) is 0 Å². The van der Waals surface area contributed by atoms with Crippen LogP contribution in [0.25, 0.3) is 5.76 Å². The van der Waals surface area contributed by atoms with Crippen LogP contribution in [0.15, 0.2) is 72.3 Å². The van der Waals surface area contributed by atoms with Crippen LogP contribution in [0.4, 0.5) is 5.69 Å². The molecule has 1 unspecified atom stereocenters. The first-order valence-corrected chi connectivity index (χ1v) is 11.7. The third kappa shape index (κ3) is 4.95. The molecular weight excluding hydrogens is 474 g/mol. The molecular formula is C29H29NO7. The molecule has 0 aliphatic carbocycles. The number of nitrogens with zero attached hydrogens (tertiary/aromatic N) is 1. The van der Waals surface area contributed by atoms with Crippen molar-refractivity contribution in [1.82, 2.24) is 0 Å². The van der Waals surface area contributed by atoms with Crippen LogP contribution in [0, 0.1) is 0 Å². The van der Waals surface area contributed by atoms with Gasteiger partial charge in [0.05, 0.1) is 44.6 Å². The van der Waals surface area contributed by atoms with Crippen LogP contribution in [0.5, 0.6) is 23.0 Å². The summed E-state index contributed by atoms with van der Waals surface area (Å²) in [4.78, 5) is 28.3. The van der Waals surface area contributed by atoms with Gasteiger partial charge in [0, 0.05) is 17.8 Å². The van der Waals surface area contributed by atoms with Crippen LogP contribution in [0.1, 0.15) is 31.0 Å². The molecule has 0 aromatic heterocycles. The third-order valence-electron chi connectivity index (χ3n) is 5.99. The summed E-state index contributed by atoms with van der Waals surface area (Å²) in [5, 5.41) is 11.5. The SMILES string of the molecule is COc1cccc(N2C(=O)C(=O)/C(=C(/O)c3ccc(OC)cc3OC)C2c2cccc(OC(C)C)c2)c1. The second-order valence-electron chi connectivity index (χ2n) is 8.68. The van der Waals surface area contributed by atoms with E-state index in [1.807, 2.05) is 13.8 Å². The van der Waals surface area contributed by atoms with Crippen LogP contribution in [0.3, 0.4) is 0 Å². The Kier molecular flexibility index (Phi) is 7.38. The second-order valence-corrected chi connectivity index (χ2v) is 8.68. The molecule has 1 heterocycles. The zero-order valence-corrected chi connectivity index (χ0v) is 21.3. The van der Waals surface area contributed by atoms with E-state index >= 15 is 0 Å². The molecule has 1 fully saturated rings. The summed E-state index contributed by atoms with van der Waals surface area (Å²) in [5.41, 5.74) is 1.22. The summed E-state index contributed by atoms with van der Waals surface area (Å²) in [5.74, 6) is -0.0534. The fourth-order valence-corrected chi connectivity index (χ4v) is 4.34. The molecule has 4 rings (SSSR count). The van der Waals surface area contributed by atoms with E-state index in [1.54, 1.807) is 66.7 Å². The van der Waals surface area contributed by atoms with E-state index < -0.39 is 17.7 Å². The number of anilines is 1. The number of methoxy groups -OCH3 is 3. The maximum Gasteiger partial charge on any atom is 0.300 e. The van der Waals surface area contributed by atoms with Gasteiger partial charge in [0.1, 0.15) is 28.8 Å². The van der Waals surface area contributed by atoms with Crippen LogP contribution in [-0.4, -0.2) is 44.2 Å². The highest BCUT2D eigenvalue weighted by Gasteiger charge is 2.47. The highest BCUT2D eigenvalue weighted by Crippen LogP contribution is 2.44. The Labute approximate surface area is 215 Å². The lowest BCUT2D eigenvalue weighted by Crippen LogP contribution is -2.29. The normalized spacial score (nSPS) is 16.7. The molecule has 192 valence electrons. The molecule has 3 aromatic carbocycles. The van der Waals surface area contributed by atoms with Gasteiger partial charge in [-0.1, -0.05) is 18.2 Å². The smallest absolute Gasteiger partial charge is 0.300 e. The highest BCUT2D eigenvalue weighted by atomic mass is 16.5. The van der Waals surface area contributed by atoms with Gasteiger partial charge in [0.25, 0.3) is 11.7 Å². The van der Waals surface area contributed by atoms with E-state index in [4.69, 9.17) is 18.9 Å². The number of hydrogen-bond acceptors (Lipinski definition) is 7. The standard InChI is InChI=1S/C29H29NO7/c1-17(2)37-22-11-6-8-18(14-22)26-25(27(31)23-13-12-21(35-4)16-24(23)36-5)28(32)29(33)30(26)19-9-7-10-20(15-19)34-3/h6-17,26,31H,1-5H3/b27-25+. The van der Waals surface area contributed by atoms with Crippen molar-refractivity contribution in [3.05, 3.63) is 83.4 Å². The van der Waals surface area contributed by atoms with Gasteiger partial charge in [-0.3, -0.25) is 14.5 Å². The molecule has 37 heavy (non-hydrogen) atoms. The number of carbonyl (C=O) groups is 2. The van der Waals surface area contributed by atoms with Crippen molar-refractivity contribution < 1.29 is 33.6 Å². The third-order valence-corrected chi connectivity index (χ3v) is 5.99. The quantitative estimate of drug-likeness (QED) is 0.259. The Balaban J connectivity index is 1.96. The van der Waals surface area contributed by atoms with E-state index in [-0.39, 0.29) is 23.0 Å². The molecule has 1 aliphatic heterocycles. The van der Waals surface area contributed by atoms with Crippen LogP contribution >= 0.6 is 0 Å². The van der Waals surface area contributed by atoms with Crippen LogP contribution in [0.2, 0.25) is 0 Å². The van der Waals surface area contributed by atoms with Crippen LogP contribution < -0.4 is 23.8 Å². The number of carbonyl (C=O) groups excluding carboxylic acids is 2. The van der Waals surface area contributed by atoms with Crippen molar-refractivity contribution in [3.8, 4) is 23.0 Å². The molecule has 3 aromatic rings. The Morgan fingerprint density at radius 1 is 0.838 bits per heavy atom. The van der Waals surface area contributed by atoms with Gasteiger partial charge in [0.15, 0.2) is 0 Å². The number of aliphatic hydroxyl groups excluding tert-OH is 1. The Bertz CT molecular complexity index is 1360. The lowest BCUT2D eigenvalue weighted by molar-refractivity contribution is -0.132. The minimum atomic E-state index is -0.936. The molecule has 1 saturated heterocycles. The Morgan fingerprint density at radius 2 is 1.51 bits per heavy atom. The first-order valence-electron chi connectivity index (χ1n) is 11.7. The van der Waals surface area contributed by atoms with E-state index in [1.165, 1.54) is 26.2 Å². The first-order chi connectivity index (χ1) is 17.8. The number of benzene rings is 3. The Morgan fingerprint density at radius 3 is 2.19 bits per heavy atom. The second kappa shape index (κ2) is 10.7. The summed E-state index contributed by atoms with van der Waals surface area (Å²) in [7, 11) is 4.48. The molecule has 0 bridgehead atoms. The molecule has 8 heteroatoms. The van der Waals surface area contributed by atoms with Crippen molar-refractivity contribution in [2.75, 3.05) is 26.2 Å². The van der Waals surface area contributed by atoms with Crippen molar-refractivity contribution in [3.63, 3.8) is 0 Å². The maximum atomic E-state index is 13.5. The Hall–Kier alpha value is -4.46. The molecule has 0 radical (unpaired) electrons. The average Bonchev–Trinajstić information content (AvgIpc) is 3.17. The molecule has 8 nitrogen and oxygen atoms in total. The largest absolute Gasteiger partial charge is 0.507 e. The predicted molar refractivity (Wildman–Crippen MR) is 140 cm³/mol. The average molecular weight is 504 g/mol. The minimum Gasteiger partial charge on any atom is -0.507 e. The molecule has 1 N–H and O–H groups in total. The summed E-state index contributed by atoms with van der Waals surface area (Å²) in [6.07, 6.45) is -0.0800. The highest BCUT2D eigenvalue weighted by molar-refractivity contribution is 6.51.